The van der Waals surface area contributed by atoms with E-state index in [1.54, 1.807) is 7.11 Å². The van der Waals surface area contributed by atoms with Gasteiger partial charge in [-0.1, -0.05) is 33.3 Å². The average molecular weight is 157 g/mol. The van der Waals surface area contributed by atoms with E-state index in [4.69, 9.17) is 4.84 Å². The van der Waals surface area contributed by atoms with E-state index < -0.39 is 0 Å². The number of allylic oxidation sites excluding steroid dienone is 2. The Morgan fingerprint density at radius 3 is 2.55 bits per heavy atom. The summed E-state index contributed by atoms with van der Waals surface area (Å²) in [6, 6.07) is 0. The topological polar surface area (TPSA) is 21.3 Å². The summed E-state index contributed by atoms with van der Waals surface area (Å²) < 4.78 is 0. The van der Waals surface area contributed by atoms with Gasteiger partial charge in [-0.3, -0.25) is 10.3 Å². The molecule has 0 aliphatic rings. The number of rotatable bonds is 5. The molecule has 0 aliphatic heterocycles. The first-order chi connectivity index (χ1) is 5.22. The van der Waals surface area contributed by atoms with Crippen LogP contribution in [0.3, 0.4) is 0 Å². The minimum absolute atomic E-state index is 0.515. The average Bonchev–Trinajstić information content (AvgIpc) is 1.97. The van der Waals surface area contributed by atoms with E-state index in [1.807, 2.05) is 0 Å². The third-order valence-corrected chi connectivity index (χ3v) is 1.49. The third-order valence-electron chi connectivity index (χ3n) is 1.49. The van der Waals surface area contributed by atoms with Gasteiger partial charge in [-0.15, -0.1) is 0 Å². The first-order valence-electron chi connectivity index (χ1n) is 4.21. The van der Waals surface area contributed by atoms with E-state index in [9.17, 15) is 0 Å². The van der Waals surface area contributed by atoms with E-state index in [-0.39, 0.29) is 0 Å². The molecule has 0 bridgehead atoms. The Bertz CT molecular complexity index is 119. The summed E-state index contributed by atoms with van der Waals surface area (Å²) in [6.07, 6.45) is 4.49. The van der Waals surface area contributed by atoms with Crippen LogP contribution in [0.4, 0.5) is 0 Å². The summed E-state index contributed by atoms with van der Waals surface area (Å²) >= 11 is 0. The van der Waals surface area contributed by atoms with Gasteiger partial charge in [-0.2, -0.15) is 0 Å². The largest absolute Gasteiger partial charge is 0.280 e. The highest BCUT2D eigenvalue weighted by Crippen LogP contribution is 2.07. The number of hydrogen-bond acceptors (Lipinski definition) is 2. The SMILES string of the molecule is CCC/C=C(\NOC)C(C)C. The van der Waals surface area contributed by atoms with Gasteiger partial charge in [0.25, 0.3) is 0 Å². The van der Waals surface area contributed by atoms with Crippen LogP contribution in [-0.4, -0.2) is 7.11 Å². The van der Waals surface area contributed by atoms with E-state index in [0.717, 1.165) is 6.42 Å². The van der Waals surface area contributed by atoms with Crippen molar-refractivity contribution in [3.05, 3.63) is 11.8 Å². The molecule has 0 aromatic carbocycles. The molecule has 0 saturated carbocycles. The maximum absolute atomic E-state index is 4.84. The molecule has 0 radical (unpaired) electrons. The van der Waals surface area contributed by atoms with Gasteiger partial charge < -0.3 is 0 Å². The lowest BCUT2D eigenvalue weighted by Gasteiger charge is -2.11. The molecule has 0 rings (SSSR count). The van der Waals surface area contributed by atoms with E-state index in [0.29, 0.717) is 5.92 Å². The van der Waals surface area contributed by atoms with Crippen molar-refractivity contribution in [3.63, 3.8) is 0 Å². The van der Waals surface area contributed by atoms with E-state index in [2.05, 4.69) is 32.3 Å². The van der Waals surface area contributed by atoms with Crippen LogP contribution in [0.15, 0.2) is 11.8 Å². The molecule has 1 N–H and O–H groups in total. The zero-order valence-corrected chi connectivity index (χ0v) is 7.98. The normalized spacial score (nSPS) is 12.3. The smallest absolute Gasteiger partial charge is 0.0636 e. The van der Waals surface area contributed by atoms with Crippen LogP contribution >= 0.6 is 0 Å². The Hall–Kier alpha value is -0.500. The summed E-state index contributed by atoms with van der Waals surface area (Å²) in [6.45, 7) is 6.46. The van der Waals surface area contributed by atoms with Crippen LogP contribution in [0.5, 0.6) is 0 Å². The van der Waals surface area contributed by atoms with Crippen molar-refractivity contribution in [2.75, 3.05) is 7.11 Å². The highest BCUT2D eigenvalue weighted by molar-refractivity contribution is 4.99. The van der Waals surface area contributed by atoms with Gasteiger partial charge in [0.2, 0.25) is 0 Å². The van der Waals surface area contributed by atoms with Crippen LogP contribution in [0.25, 0.3) is 0 Å². The summed E-state index contributed by atoms with van der Waals surface area (Å²) in [7, 11) is 1.64. The van der Waals surface area contributed by atoms with Gasteiger partial charge in [-0.05, 0) is 12.3 Å². The van der Waals surface area contributed by atoms with Crippen LogP contribution in [-0.2, 0) is 4.84 Å². The maximum atomic E-state index is 4.84. The number of nitrogens with one attached hydrogen (secondary N) is 1. The first kappa shape index (κ1) is 10.5. The van der Waals surface area contributed by atoms with Crippen molar-refractivity contribution in [2.45, 2.75) is 33.6 Å². The minimum atomic E-state index is 0.515. The van der Waals surface area contributed by atoms with Gasteiger partial charge in [0, 0.05) is 5.70 Å². The fourth-order valence-electron chi connectivity index (χ4n) is 0.813. The van der Waals surface area contributed by atoms with Gasteiger partial charge in [0.15, 0.2) is 0 Å². The van der Waals surface area contributed by atoms with Gasteiger partial charge in [-0.25, -0.2) is 0 Å². The molecular weight excluding hydrogens is 138 g/mol. The van der Waals surface area contributed by atoms with Gasteiger partial charge >= 0.3 is 0 Å². The highest BCUT2D eigenvalue weighted by Gasteiger charge is 1.99. The van der Waals surface area contributed by atoms with E-state index in [1.165, 1.54) is 12.1 Å². The van der Waals surface area contributed by atoms with Crippen LogP contribution in [0.2, 0.25) is 0 Å². The maximum Gasteiger partial charge on any atom is 0.0636 e. The summed E-state index contributed by atoms with van der Waals surface area (Å²) in [5, 5.41) is 0. The zero-order chi connectivity index (χ0) is 8.69. The monoisotopic (exact) mass is 157 g/mol. The number of hydrogen-bond donors (Lipinski definition) is 1. The molecule has 0 aromatic rings. The van der Waals surface area contributed by atoms with Crippen LogP contribution in [0, 0.1) is 5.92 Å². The minimum Gasteiger partial charge on any atom is -0.280 e. The van der Waals surface area contributed by atoms with Crippen molar-refractivity contribution in [3.8, 4) is 0 Å². The van der Waals surface area contributed by atoms with Crippen molar-refractivity contribution < 1.29 is 4.84 Å². The molecule has 0 unspecified atom stereocenters. The standard InChI is InChI=1S/C9H19NO/c1-5-6-7-9(8(2)3)10-11-4/h7-8,10H,5-6H2,1-4H3/b9-7-. The molecule has 0 fully saturated rings. The second-order valence-electron chi connectivity index (χ2n) is 2.91. The molecule has 0 saturated heterocycles. The van der Waals surface area contributed by atoms with Crippen molar-refractivity contribution in [2.24, 2.45) is 5.92 Å². The summed E-state index contributed by atoms with van der Waals surface area (Å²) in [4.78, 5) is 4.84. The highest BCUT2D eigenvalue weighted by atomic mass is 16.6. The summed E-state index contributed by atoms with van der Waals surface area (Å²) in [5.41, 5.74) is 4.05. The molecule has 2 heteroatoms. The Kier molecular flexibility index (Phi) is 5.94. The molecule has 2 nitrogen and oxygen atoms in total. The number of unbranched alkanes of at least 4 members (excludes halogenated alkanes) is 1. The Morgan fingerprint density at radius 1 is 1.55 bits per heavy atom. The molecule has 0 heterocycles. The molecular formula is C9H19NO. The lowest BCUT2D eigenvalue weighted by Crippen LogP contribution is -2.15. The van der Waals surface area contributed by atoms with Crippen LogP contribution < -0.4 is 5.48 Å². The lowest BCUT2D eigenvalue weighted by atomic mass is 10.1. The predicted octanol–water partition coefficient (Wildman–Crippen LogP) is 2.48. The zero-order valence-electron chi connectivity index (χ0n) is 7.98. The van der Waals surface area contributed by atoms with Crippen molar-refractivity contribution >= 4 is 0 Å². The molecule has 0 amide bonds. The Balaban J connectivity index is 3.86. The summed E-state index contributed by atoms with van der Waals surface area (Å²) in [5.74, 6) is 0.515. The molecule has 11 heavy (non-hydrogen) atoms. The fraction of sp³-hybridized carbons (Fsp3) is 0.778. The molecule has 0 spiro atoms. The second-order valence-corrected chi connectivity index (χ2v) is 2.91. The predicted molar refractivity (Wildman–Crippen MR) is 48.0 cm³/mol. The Labute approximate surface area is 69.6 Å². The van der Waals surface area contributed by atoms with E-state index >= 15 is 0 Å². The molecule has 0 aliphatic carbocycles. The first-order valence-corrected chi connectivity index (χ1v) is 4.21. The molecule has 0 aromatic heterocycles. The fourth-order valence-corrected chi connectivity index (χ4v) is 0.813. The molecule has 0 atom stereocenters. The molecule has 66 valence electrons. The lowest BCUT2D eigenvalue weighted by molar-refractivity contribution is 0.110. The Morgan fingerprint density at radius 2 is 2.18 bits per heavy atom. The van der Waals surface area contributed by atoms with Crippen molar-refractivity contribution in [1.82, 2.24) is 5.48 Å². The quantitative estimate of drug-likeness (QED) is 0.619. The number of hydroxylamine groups is 1. The second kappa shape index (κ2) is 6.23. The van der Waals surface area contributed by atoms with Gasteiger partial charge in [0.05, 0.1) is 7.11 Å². The van der Waals surface area contributed by atoms with Crippen LogP contribution in [0.1, 0.15) is 33.6 Å². The van der Waals surface area contributed by atoms with Gasteiger partial charge in [0.1, 0.15) is 0 Å². The van der Waals surface area contributed by atoms with Crippen molar-refractivity contribution in [1.29, 1.82) is 0 Å². The third kappa shape index (κ3) is 4.85.